The molecule has 3 aromatic carbocycles. The van der Waals surface area contributed by atoms with Gasteiger partial charge in [-0.25, -0.2) is 0 Å². The molecule has 4 rings (SSSR count). The molecule has 1 aliphatic heterocycles. The molecule has 1 saturated heterocycles. The number of hydrogen-bond donors (Lipinski definition) is 1. The van der Waals surface area contributed by atoms with Crippen molar-refractivity contribution in [3.8, 4) is 0 Å². The number of nitrogens with zero attached hydrogens (tertiary/aromatic N) is 1. The normalized spacial score (nSPS) is 17.0. The topological polar surface area (TPSA) is 41.6 Å². The SMILES string of the molecule is O=C(NCC1CN(Cc2ccccc2)CCO1)C(c1ccccc1)c1ccccc1. The van der Waals surface area contributed by atoms with Crippen molar-refractivity contribution in [2.75, 3.05) is 26.2 Å². The molecule has 1 amide bonds. The lowest BCUT2D eigenvalue weighted by atomic mass is 9.90. The molecule has 0 aliphatic carbocycles. The van der Waals surface area contributed by atoms with Gasteiger partial charge in [-0.1, -0.05) is 91.0 Å². The van der Waals surface area contributed by atoms with Crippen molar-refractivity contribution in [1.82, 2.24) is 10.2 Å². The van der Waals surface area contributed by atoms with Gasteiger partial charge in [0.2, 0.25) is 5.91 Å². The first-order valence-corrected chi connectivity index (χ1v) is 10.5. The Hall–Kier alpha value is -2.95. The largest absolute Gasteiger partial charge is 0.374 e. The van der Waals surface area contributed by atoms with Crippen LogP contribution in [0.5, 0.6) is 0 Å². The van der Waals surface area contributed by atoms with Crippen LogP contribution in [0.15, 0.2) is 91.0 Å². The Bertz CT molecular complexity index is 876. The Morgan fingerprint density at radius 1 is 0.900 bits per heavy atom. The second-order valence-corrected chi connectivity index (χ2v) is 7.71. The number of amides is 1. The Balaban J connectivity index is 1.38. The van der Waals surface area contributed by atoms with E-state index in [0.29, 0.717) is 13.2 Å². The van der Waals surface area contributed by atoms with Crippen molar-refractivity contribution in [3.05, 3.63) is 108 Å². The second kappa shape index (κ2) is 10.2. The molecule has 0 bridgehead atoms. The fourth-order valence-electron chi connectivity index (χ4n) is 3.99. The number of rotatable bonds is 7. The van der Waals surface area contributed by atoms with Crippen LogP contribution in [0.1, 0.15) is 22.6 Å². The third kappa shape index (κ3) is 5.35. The zero-order valence-electron chi connectivity index (χ0n) is 17.1. The van der Waals surface area contributed by atoms with Crippen molar-refractivity contribution in [1.29, 1.82) is 0 Å². The highest BCUT2D eigenvalue weighted by Gasteiger charge is 2.25. The first-order valence-electron chi connectivity index (χ1n) is 10.5. The highest BCUT2D eigenvalue weighted by atomic mass is 16.5. The average Bonchev–Trinajstić information content (AvgIpc) is 2.80. The van der Waals surface area contributed by atoms with Crippen molar-refractivity contribution in [2.24, 2.45) is 0 Å². The quantitative estimate of drug-likeness (QED) is 0.655. The van der Waals surface area contributed by atoms with E-state index in [9.17, 15) is 4.79 Å². The summed E-state index contributed by atoms with van der Waals surface area (Å²) in [5, 5.41) is 3.14. The van der Waals surface area contributed by atoms with Crippen LogP contribution in [0.4, 0.5) is 0 Å². The van der Waals surface area contributed by atoms with Crippen molar-refractivity contribution in [3.63, 3.8) is 0 Å². The van der Waals surface area contributed by atoms with Crippen molar-refractivity contribution in [2.45, 2.75) is 18.6 Å². The summed E-state index contributed by atoms with van der Waals surface area (Å²) in [4.78, 5) is 15.6. The van der Waals surface area contributed by atoms with Gasteiger partial charge in [0.15, 0.2) is 0 Å². The van der Waals surface area contributed by atoms with Gasteiger partial charge in [0, 0.05) is 26.2 Å². The smallest absolute Gasteiger partial charge is 0.232 e. The molecule has 0 aromatic heterocycles. The summed E-state index contributed by atoms with van der Waals surface area (Å²) in [6, 6.07) is 30.4. The van der Waals surface area contributed by atoms with Gasteiger partial charge >= 0.3 is 0 Å². The van der Waals surface area contributed by atoms with E-state index in [1.165, 1.54) is 5.56 Å². The van der Waals surface area contributed by atoms with E-state index < -0.39 is 0 Å². The molecule has 1 heterocycles. The molecule has 1 fully saturated rings. The monoisotopic (exact) mass is 400 g/mol. The minimum atomic E-state index is -0.323. The fourth-order valence-corrected chi connectivity index (χ4v) is 3.99. The highest BCUT2D eigenvalue weighted by molar-refractivity contribution is 5.87. The van der Waals surface area contributed by atoms with Gasteiger partial charge in [-0.2, -0.15) is 0 Å². The number of hydrogen-bond acceptors (Lipinski definition) is 3. The number of carbonyl (C=O) groups is 1. The first-order chi connectivity index (χ1) is 14.8. The van der Waals surface area contributed by atoms with E-state index in [4.69, 9.17) is 4.74 Å². The molecule has 1 aliphatic rings. The Morgan fingerprint density at radius 3 is 2.07 bits per heavy atom. The number of nitrogens with one attached hydrogen (secondary N) is 1. The van der Waals surface area contributed by atoms with Crippen molar-refractivity contribution < 1.29 is 9.53 Å². The predicted octanol–water partition coefficient (Wildman–Crippen LogP) is 3.84. The summed E-state index contributed by atoms with van der Waals surface area (Å²) in [5.41, 5.74) is 3.29. The Kier molecular flexibility index (Phi) is 6.91. The van der Waals surface area contributed by atoms with Crippen LogP contribution in [-0.4, -0.2) is 43.2 Å². The van der Waals surface area contributed by atoms with Gasteiger partial charge in [-0.3, -0.25) is 9.69 Å². The molecule has 0 radical (unpaired) electrons. The number of ether oxygens (including phenoxy) is 1. The molecule has 0 spiro atoms. The summed E-state index contributed by atoms with van der Waals surface area (Å²) in [7, 11) is 0. The zero-order chi connectivity index (χ0) is 20.6. The Labute approximate surface area is 178 Å². The van der Waals surface area contributed by atoms with Crippen LogP contribution in [0, 0.1) is 0 Å². The van der Waals surface area contributed by atoms with Gasteiger partial charge in [0.1, 0.15) is 0 Å². The second-order valence-electron chi connectivity index (χ2n) is 7.71. The summed E-state index contributed by atoms with van der Waals surface area (Å²) in [6.07, 6.45) is -0.00129. The summed E-state index contributed by atoms with van der Waals surface area (Å²) in [5.74, 6) is -0.312. The van der Waals surface area contributed by atoms with Gasteiger partial charge in [0.05, 0.1) is 18.6 Å². The molecule has 1 atom stereocenters. The number of morpholine rings is 1. The van der Waals surface area contributed by atoms with E-state index >= 15 is 0 Å². The lowest BCUT2D eigenvalue weighted by molar-refractivity contribution is -0.123. The molecule has 30 heavy (non-hydrogen) atoms. The molecule has 4 nitrogen and oxygen atoms in total. The maximum atomic E-state index is 13.2. The molecular formula is C26H28N2O2. The van der Waals surface area contributed by atoms with E-state index in [0.717, 1.165) is 30.8 Å². The fraction of sp³-hybridized carbons (Fsp3) is 0.269. The van der Waals surface area contributed by atoms with Gasteiger partial charge < -0.3 is 10.1 Å². The van der Waals surface area contributed by atoms with Gasteiger partial charge in [-0.15, -0.1) is 0 Å². The van der Waals surface area contributed by atoms with E-state index in [1.54, 1.807) is 0 Å². The zero-order valence-corrected chi connectivity index (χ0v) is 17.1. The van der Waals surface area contributed by atoms with Crippen LogP contribution in [0.3, 0.4) is 0 Å². The van der Waals surface area contributed by atoms with E-state index in [2.05, 4.69) is 34.5 Å². The molecule has 3 aromatic rings. The average molecular weight is 401 g/mol. The first kappa shape index (κ1) is 20.3. The lowest BCUT2D eigenvalue weighted by Gasteiger charge is -2.33. The van der Waals surface area contributed by atoms with Crippen LogP contribution in [0.25, 0.3) is 0 Å². The third-order valence-corrected chi connectivity index (χ3v) is 5.50. The molecule has 1 unspecified atom stereocenters. The Morgan fingerprint density at radius 2 is 1.47 bits per heavy atom. The van der Waals surface area contributed by atoms with E-state index in [1.807, 2.05) is 66.7 Å². The van der Waals surface area contributed by atoms with Crippen LogP contribution < -0.4 is 5.32 Å². The van der Waals surface area contributed by atoms with Crippen LogP contribution in [-0.2, 0) is 16.1 Å². The van der Waals surface area contributed by atoms with Crippen LogP contribution in [0.2, 0.25) is 0 Å². The molecule has 1 N–H and O–H groups in total. The molecule has 4 heteroatoms. The van der Waals surface area contributed by atoms with Gasteiger partial charge in [-0.05, 0) is 16.7 Å². The van der Waals surface area contributed by atoms with Crippen molar-refractivity contribution >= 4 is 5.91 Å². The van der Waals surface area contributed by atoms with E-state index in [-0.39, 0.29) is 17.9 Å². The summed E-state index contributed by atoms with van der Waals surface area (Å²) >= 11 is 0. The summed E-state index contributed by atoms with van der Waals surface area (Å²) in [6.45, 7) is 3.84. The maximum Gasteiger partial charge on any atom is 0.232 e. The third-order valence-electron chi connectivity index (χ3n) is 5.50. The standard InChI is InChI=1S/C26H28N2O2/c29-26(25(22-12-6-2-7-13-22)23-14-8-3-9-15-23)27-18-24-20-28(16-17-30-24)19-21-10-4-1-5-11-21/h1-15,24-25H,16-20H2,(H,27,29). The minimum absolute atomic E-state index is 0.00129. The maximum absolute atomic E-state index is 13.2. The molecule has 0 saturated carbocycles. The molecule has 154 valence electrons. The van der Waals surface area contributed by atoms with Crippen LogP contribution >= 0.6 is 0 Å². The number of carbonyl (C=O) groups excluding carboxylic acids is 1. The highest BCUT2D eigenvalue weighted by Crippen LogP contribution is 2.24. The summed E-state index contributed by atoms with van der Waals surface area (Å²) < 4.78 is 5.93. The predicted molar refractivity (Wildman–Crippen MR) is 119 cm³/mol. The minimum Gasteiger partial charge on any atom is -0.374 e. The number of benzene rings is 3. The van der Waals surface area contributed by atoms with Gasteiger partial charge in [0.25, 0.3) is 0 Å². The molecular weight excluding hydrogens is 372 g/mol. The lowest BCUT2D eigenvalue weighted by Crippen LogP contribution is -2.47.